The van der Waals surface area contributed by atoms with Gasteiger partial charge in [0.2, 0.25) is 5.91 Å². The van der Waals surface area contributed by atoms with E-state index in [1.165, 1.54) is 0 Å². The van der Waals surface area contributed by atoms with Crippen LogP contribution in [0.2, 0.25) is 0 Å². The van der Waals surface area contributed by atoms with Crippen LogP contribution < -0.4 is 15.4 Å². The number of aromatic nitrogens is 2. The Morgan fingerprint density at radius 1 is 1.20 bits per heavy atom. The van der Waals surface area contributed by atoms with Crippen molar-refractivity contribution in [1.29, 1.82) is 0 Å². The van der Waals surface area contributed by atoms with Crippen LogP contribution in [0.25, 0.3) is 16.9 Å². The molecule has 1 amide bonds. The fourth-order valence-corrected chi connectivity index (χ4v) is 3.67. The second-order valence-electron chi connectivity index (χ2n) is 7.30. The molecule has 0 aliphatic carbocycles. The molecule has 1 aliphatic heterocycles. The van der Waals surface area contributed by atoms with Gasteiger partial charge in [-0.05, 0) is 55.8 Å². The van der Waals surface area contributed by atoms with Gasteiger partial charge >= 0.3 is 0 Å². The van der Waals surface area contributed by atoms with Gasteiger partial charge in [0.1, 0.15) is 5.75 Å². The van der Waals surface area contributed by atoms with Gasteiger partial charge in [0.05, 0.1) is 24.9 Å². The van der Waals surface area contributed by atoms with Crippen molar-refractivity contribution in [3.05, 3.63) is 66.4 Å². The Hall–Kier alpha value is -2.83. The molecule has 2 N–H and O–H groups in total. The van der Waals surface area contributed by atoms with Crippen LogP contribution in [0.4, 0.5) is 0 Å². The molecule has 4 rings (SSSR count). The van der Waals surface area contributed by atoms with E-state index in [0.717, 1.165) is 54.2 Å². The molecule has 1 aliphatic rings. The largest absolute Gasteiger partial charge is 0.497 e. The Bertz CT molecular complexity index is 951. The van der Waals surface area contributed by atoms with Crippen LogP contribution in [0.5, 0.6) is 5.75 Å². The molecule has 30 heavy (non-hydrogen) atoms. The van der Waals surface area contributed by atoms with Crippen molar-refractivity contribution in [2.75, 3.05) is 20.2 Å². The van der Waals surface area contributed by atoms with Crippen molar-refractivity contribution in [2.45, 2.75) is 25.3 Å². The number of halogens is 1. The number of nitrogens with zero attached hydrogens (tertiary/aromatic N) is 2. The summed E-state index contributed by atoms with van der Waals surface area (Å²) >= 11 is 0. The Morgan fingerprint density at radius 2 is 1.97 bits per heavy atom. The number of methoxy groups -OCH3 is 1. The number of carbonyl (C=O) groups is 1. The van der Waals surface area contributed by atoms with E-state index in [9.17, 15) is 4.79 Å². The van der Waals surface area contributed by atoms with Gasteiger partial charge in [-0.1, -0.05) is 18.2 Å². The minimum atomic E-state index is 0. The van der Waals surface area contributed by atoms with Crippen LogP contribution in [0.3, 0.4) is 0 Å². The second-order valence-corrected chi connectivity index (χ2v) is 7.30. The molecular weight excluding hydrogens is 400 g/mol. The minimum Gasteiger partial charge on any atom is -0.497 e. The van der Waals surface area contributed by atoms with Crippen molar-refractivity contribution < 1.29 is 9.53 Å². The van der Waals surface area contributed by atoms with Crippen molar-refractivity contribution in [1.82, 2.24) is 20.4 Å². The van der Waals surface area contributed by atoms with Crippen LogP contribution in [0, 0.1) is 0 Å². The Labute approximate surface area is 183 Å². The number of piperidine rings is 1. The summed E-state index contributed by atoms with van der Waals surface area (Å²) in [5.41, 5.74) is 3.64. The van der Waals surface area contributed by atoms with E-state index >= 15 is 0 Å². The molecule has 0 saturated carbocycles. The summed E-state index contributed by atoms with van der Waals surface area (Å²) in [6.45, 7) is 1.86. The molecule has 158 valence electrons. The maximum absolute atomic E-state index is 12.7. The van der Waals surface area contributed by atoms with Gasteiger partial charge in [-0.15, -0.1) is 12.4 Å². The number of carbonyl (C=O) groups excluding carboxylic acids is 1. The Balaban J connectivity index is 0.00000256. The number of hydrogen-bond donors (Lipinski definition) is 2. The monoisotopic (exact) mass is 426 g/mol. The maximum Gasteiger partial charge on any atom is 0.224 e. The van der Waals surface area contributed by atoms with E-state index in [0.29, 0.717) is 6.42 Å². The molecule has 3 aromatic rings. The van der Waals surface area contributed by atoms with Gasteiger partial charge < -0.3 is 15.4 Å². The normalized spacial score (nSPS) is 15.8. The van der Waals surface area contributed by atoms with Crippen molar-refractivity contribution in [3.8, 4) is 22.7 Å². The number of ether oxygens (including phenoxy) is 1. The smallest absolute Gasteiger partial charge is 0.224 e. The zero-order chi connectivity index (χ0) is 20.1. The highest BCUT2D eigenvalue weighted by Crippen LogP contribution is 2.26. The number of hydrogen-bond acceptors (Lipinski definition) is 4. The Kier molecular flexibility index (Phi) is 7.49. The lowest BCUT2D eigenvalue weighted by Gasteiger charge is -2.23. The molecular formula is C23H27ClN4O2. The highest BCUT2D eigenvalue weighted by Gasteiger charge is 2.19. The van der Waals surface area contributed by atoms with E-state index < -0.39 is 0 Å². The number of benzene rings is 2. The molecule has 7 heteroatoms. The lowest BCUT2D eigenvalue weighted by atomic mass is 10.0. The topological polar surface area (TPSA) is 68.2 Å². The number of para-hydroxylation sites is 1. The first-order chi connectivity index (χ1) is 14.2. The van der Waals surface area contributed by atoms with E-state index in [1.807, 2.05) is 65.5 Å². The highest BCUT2D eigenvalue weighted by molar-refractivity contribution is 5.85. The fourth-order valence-electron chi connectivity index (χ4n) is 3.67. The van der Waals surface area contributed by atoms with Crippen LogP contribution in [-0.2, 0) is 11.2 Å². The van der Waals surface area contributed by atoms with Gasteiger partial charge in [0, 0.05) is 29.9 Å². The zero-order valence-corrected chi connectivity index (χ0v) is 17.8. The van der Waals surface area contributed by atoms with Gasteiger partial charge in [-0.25, -0.2) is 4.68 Å². The van der Waals surface area contributed by atoms with E-state index in [2.05, 4.69) is 10.6 Å². The van der Waals surface area contributed by atoms with Crippen LogP contribution in [-0.4, -0.2) is 41.9 Å². The lowest BCUT2D eigenvalue weighted by Crippen LogP contribution is -2.46. The van der Waals surface area contributed by atoms with Crippen molar-refractivity contribution in [2.24, 2.45) is 0 Å². The highest BCUT2D eigenvalue weighted by atomic mass is 35.5. The fraction of sp³-hybridized carbons (Fsp3) is 0.304. The van der Waals surface area contributed by atoms with Crippen molar-refractivity contribution >= 4 is 18.3 Å². The minimum absolute atomic E-state index is 0. The van der Waals surface area contributed by atoms with Gasteiger partial charge in [-0.3, -0.25) is 4.79 Å². The summed E-state index contributed by atoms with van der Waals surface area (Å²) in [7, 11) is 1.65. The second kappa shape index (κ2) is 10.3. The molecule has 0 radical (unpaired) electrons. The third-order valence-corrected chi connectivity index (χ3v) is 5.19. The van der Waals surface area contributed by atoms with E-state index in [1.54, 1.807) is 7.11 Å². The van der Waals surface area contributed by atoms with E-state index in [4.69, 9.17) is 9.84 Å². The molecule has 6 nitrogen and oxygen atoms in total. The maximum atomic E-state index is 12.7. The van der Waals surface area contributed by atoms with Crippen LogP contribution in [0.15, 0.2) is 60.8 Å². The predicted octanol–water partition coefficient (Wildman–Crippen LogP) is 3.38. The molecule has 1 fully saturated rings. The first-order valence-electron chi connectivity index (χ1n) is 10.0. The molecule has 0 spiro atoms. The van der Waals surface area contributed by atoms with Gasteiger partial charge in [0.25, 0.3) is 0 Å². The van der Waals surface area contributed by atoms with E-state index in [-0.39, 0.29) is 24.4 Å². The molecule has 1 atom stereocenters. The van der Waals surface area contributed by atoms with Crippen LogP contribution in [0.1, 0.15) is 18.4 Å². The summed E-state index contributed by atoms with van der Waals surface area (Å²) < 4.78 is 7.10. The molecule has 0 bridgehead atoms. The van der Waals surface area contributed by atoms with Gasteiger partial charge in [0.15, 0.2) is 0 Å². The molecule has 1 saturated heterocycles. The number of rotatable bonds is 6. The van der Waals surface area contributed by atoms with Crippen molar-refractivity contribution in [3.63, 3.8) is 0 Å². The SMILES string of the molecule is COc1ccc(-c2nn(-c3ccccc3)cc2CC(=O)NC2CCCNC2)cc1.Cl. The summed E-state index contributed by atoms with van der Waals surface area (Å²) in [4.78, 5) is 12.7. The number of nitrogens with one attached hydrogen (secondary N) is 2. The van der Waals surface area contributed by atoms with Crippen LogP contribution >= 0.6 is 12.4 Å². The molecule has 1 unspecified atom stereocenters. The lowest BCUT2D eigenvalue weighted by molar-refractivity contribution is -0.121. The molecule has 2 aromatic carbocycles. The first-order valence-corrected chi connectivity index (χ1v) is 10.0. The summed E-state index contributed by atoms with van der Waals surface area (Å²) in [6.07, 6.45) is 4.36. The number of amides is 1. The summed E-state index contributed by atoms with van der Waals surface area (Å²) in [5, 5.41) is 11.3. The summed E-state index contributed by atoms with van der Waals surface area (Å²) in [5.74, 6) is 0.821. The third-order valence-electron chi connectivity index (χ3n) is 5.19. The third kappa shape index (κ3) is 5.20. The summed E-state index contributed by atoms with van der Waals surface area (Å²) in [6, 6.07) is 17.9. The average molecular weight is 427 g/mol. The molecule has 1 aromatic heterocycles. The molecule has 2 heterocycles. The van der Waals surface area contributed by atoms with Gasteiger partial charge in [-0.2, -0.15) is 5.10 Å². The Morgan fingerprint density at radius 3 is 2.63 bits per heavy atom. The zero-order valence-electron chi connectivity index (χ0n) is 17.0. The predicted molar refractivity (Wildman–Crippen MR) is 121 cm³/mol. The average Bonchev–Trinajstić information content (AvgIpc) is 3.18. The quantitative estimate of drug-likeness (QED) is 0.634. The first kappa shape index (κ1) is 21.9. The standard InChI is InChI=1S/C23H26N4O2.ClH/c1-29-21-11-9-17(10-12-21)23-18(14-22(28)25-19-6-5-13-24-15-19)16-27(26-23)20-7-3-2-4-8-20;/h2-4,7-12,16,19,24H,5-6,13-15H2,1H3,(H,25,28);1H.